The Morgan fingerprint density at radius 2 is 1.50 bits per heavy atom. The molecule has 218 valence electrons. The van der Waals surface area contributed by atoms with E-state index in [1.165, 1.54) is 0 Å². The molecule has 0 fully saturated rings. The number of cyclic esters (lactones) is 1. The molecular formula is C35H38N2O5. The summed E-state index contributed by atoms with van der Waals surface area (Å²) in [6.07, 6.45) is 5.15. The second-order valence-electron chi connectivity index (χ2n) is 11.1. The minimum absolute atomic E-state index is 0.0259. The van der Waals surface area contributed by atoms with Crippen LogP contribution in [0, 0.1) is 11.8 Å². The van der Waals surface area contributed by atoms with E-state index in [-0.39, 0.29) is 49.3 Å². The SMILES string of the molecule is O=C1NC[C@@H](c2ccccc2)OC(=O)[C@H](Cc2ccccc2)CC=CC[C@@H]1CC(=O)N1Cc2ccccc2C[C@H]1CO. The third-order valence-electron chi connectivity index (χ3n) is 8.24. The Kier molecular flexibility index (Phi) is 9.82. The van der Waals surface area contributed by atoms with Crippen LogP contribution in [0.5, 0.6) is 0 Å². The summed E-state index contributed by atoms with van der Waals surface area (Å²) in [5.74, 6) is -1.70. The molecule has 3 aromatic rings. The van der Waals surface area contributed by atoms with Crippen molar-refractivity contribution in [1.29, 1.82) is 0 Å². The first-order chi connectivity index (χ1) is 20.5. The van der Waals surface area contributed by atoms with Crippen LogP contribution in [0.3, 0.4) is 0 Å². The van der Waals surface area contributed by atoms with Crippen LogP contribution >= 0.6 is 0 Å². The Morgan fingerprint density at radius 3 is 2.21 bits per heavy atom. The van der Waals surface area contributed by atoms with Crippen LogP contribution in [-0.4, -0.2) is 47.0 Å². The third-order valence-corrected chi connectivity index (χ3v) is 8.24. The molecule has 0 radical (unpaired) electrons. The Bertz CT molecular complexity index is 1390. The fourth-order valence-electron chi connectivity index (χ4n) is 5.81. The molecule has 0 aliphatic carbocycles. The number of rotatable bonds is 6. The van der Waals surface area contributed by atoms with Gasteiger partial charge in [-0.1, -0.05) is 97.1 Å². The van der Waals surface area contributed by atoms with Crippen LogP contribution in [-0.2, 0) is 38.5 Å². The topological polar surface area (TPSA) is 95.9 Å². The molecule has 7 heteroatoms. The first kappa shape index (κ1) is 29.3. The summed E-state index contributed by atoms with van der Waals surface area (Å²) in [6.45, 7) is 0.388. The average Bonchev–Trinajstić information content (AvgIpc) is 3.03. The third kappa shape index (κ3) is 7.34. The van der Waals surface area contributed by atoms with Gasteiger partial charge >= 0.3 is 5.97 Å². The standard InChI is InChI=1S/C35H38N2O5/c38-24-31-20-27-15-7-10-18-30(27)23-37(31)33(39)21-28-16-8-9-17-29(19-25-11-3-1-4-12-25)35(41)42-32(22-36-34(28)40)26-13-5-2-6-14-26/h1-15,18,28-29,31-32,38H,16-17,19-24H2,(H,36,40)/t28-,29+,31+,32+/m1/s1. The number of allylic oxidation sites excluding steroid dienone is 2. The van der Waals surface area contributed by atoms with Gasteiger partial charge in [-0.3, -0.25) is 14.4 Å². The Balaban J connectivity index is 1.35. The molecule has 0 bridgehead atoms. The average molecular weight is 567 g/mol. The van der Waals surface area contributed by atoms with Crippen molar-refractivity contribution in [3.8, 4) is 0 Å². The van der Waals surface area contributed by atoms with Gasteiger partial charge in [0.05, 0.1) is 31.0 Å². The van der Waals surface area contributed by atoms with E-state index in [0.29, 0.717) is 32.2 Å². The largest absolute Gasteiger partial charge is 0.455 e. The molecule has 0 spiro atoms. The zero-order valence-electron chi connectivity index (χ0n) is 23.7. The van der Waals surface area contributed by atoms with E-state index in [2.05, 4.69) is 5.32 Å². The number of hydrogen-bond donors (Lipinski definition) is 2. The highest BCUT2D eigenvalue weighted by atomic mass is 16.5. The van der Waals surface area contributed by atoms with Crippen molar-refractivity contribution in [2.45, 2.75) is 50.8 Å². The molecule has 2 heterocycles. The van der Waals surface area contributed by atoms with Crippen molar-refractivity contribution in [3.05, 3.63) is 119 Å². The number of hydrogen-bond acceptors (Lipinski definition) is 5. The van der Waals surface area contributed by atoms with Gasteiger partial charge in [-0.25, -0.2) is 0 Å². The number of carbonyl (C=O) groups excluding carboxylic acids is 3. The smallest absolute Gasteiger partial charge is 0.310 e. The molecule has 0 aromatic heterocycles. The molecule has 2 aliphatic heterocycles. The number of nitrogens with one attached hydrogen (secondary N) is 1. The minimum Gasteiger partial charge on any atom is -0.455 e. The summed E-state index contributed by atoms with van der Waals surface area (Å²) in [5.41, 5.74) is 4.05. The van der Waals surface area contributed by atoms with Crippen LogP contribution in [0.4, 0.5) is 0 Å². The molecule has 7 nitrogen and oxygen atoms in total. The van der Waals surface area contributed by atoms with E-state index in [1.54, 1.807) is 4.90 Å². The lowest BCUT2D eigenvalue weighted by Gasteiger charge is -2.36. The van der Waals surface area contributed by atoms with Gasteiger partial charge in [0.2, 0.25) is 11.8 Å². The van der Waals surface area contributed by atoms with Crippen LogP contribution in [0.2, 0.25) is 0 Å². The number of ether oxygens (including phenoxy) is 1. The number of fused-ring (bicyclic) bond motifs is 1. The molecule has 5 rings (SSSR count). The van der Waals surface area contributed by atoms with E-state index in [1.807, 2.05) is 97.1 Å². The number of esters is 1. The summed E-state index contributed by atoms with van der Waals surface area (Å²) < 4.78 is 6.03. The lowest BCUT2D eigenvalue weighted by molar-refractivity contribution is -0.155. The van der Waals surface area contributed by atoms with Crippen molar-refractivity contribution in [3.63, 3.8) is 0 Å². The first-order valence-corrected chi connectivity index (χ1v) is 14.7. The van der Waals surface area contributed by atoms with Crippen LogP contribution < -0.4 is 5.32 Å². The quantitative estimate of drug-likeness (QED) is 0.337. The van der Waals surface area contributed by atoms with Gasteiger partial charge in [-0.2, -0.15) is 0 Å². The Morgan fingerprint density at radius 1 is 0.857 bits per heavy atom. The molecule has 0 unspecified atom stereocenters. The highest BCUT2D eigenvalue weighted by molar-refractivity contribution is 5.86. The Labute approximate surface area is 247 Å². The zero-order chi connectivity index (χ0) is 29.3. The molecule has 0 saturated heterocycles. The molecule has 2 amide bonds. The van der Waals surface area contributed by atoms with Crippen molar-refractivity contribution < 1.29 is 24.2 Å². The summed E-state index contributed by atoms with van der Waals surface area (Å²) in [5, 5.41) is 13.0. The van der Waals surface area contributed by atoms with Gasteiger partial charge in [-0.15, -0.1) is 0 Å². The monoisotopic (exact) mass is 566 g/mol. The molecule has 4 atom stereocenters. The molecule has 42 heavy (non-hydrogen) atoms. The summed E-state index contributed by atoms with van der Waals surface area (Å²) in [6, 6.07) is 26.9. The van der Waals surface area contributed by atoms with E-state index in [9.17, 15) is 19.5 Å². The van der Waals surface area contributed by atoms with Crippen molar-refractivity contribution >= 4 is 17.8 Å². The highest BCUT2D eigenvalue weighted by Crippen LogP contribution is 2.27. The van der Waals surface area contributed by atoms with Crippen molar-refractivity contribution in [2.75, 3.05) is 13.2 Å². The number of aliphatic hydroxyl groups is 1. The maximum absolute atomic E-state index is 13.6. The minimum atomic E-state index is -0.655. The summed E-state index contributed by atoms with van der Waals surface area (Å²) in [7, 11) is 0. The summed E-state index contributed by atoms with van der Waals surface area (Å²) >= 11 is 0. The predicted octanol–water partition coefficient (Wildman–Crippen LogP) is 4.55. The van der Waals surface area contributed by atoms with E-state index >= 15 is 0 Å². The number of nitrogens with zero attached hydrogens (tertiary/aromatic N) is 1. The maximum Gasteiger partial charge on any atom is 0.310 e. The van der Waals surface area contributed by atoms with Crippen molar-refractivity contribution in [2.24, 2.45) is 11.8 Å². The molecular weight excluding hydrogens is 528 g/mol. The fraction of sp³-hybridized carbons (Fsp3) is 0.343. The fourth-order valence-corrected chi connectivity index (χ4v) is 5.81. The normalized spacial score (nSPS) is 23.1. The van der Waals surface area contributed by atoms with E-state index in [0.717, 1.165) is 22.3 Å². The molecule has 0 saturated carbocycles. The second kappa shape index (κ2) is 14.1. The van der Waals surface area contributed by atoms with Crippen LogP contribution in [0.15, 0.2) is 97.1 Å². The van der Waals surface area contributed by atoms with Gasteiger partial charge in [-0.05, 0) is 47.9 Å². The van der Waals surface area contributed by atoms with Gasteiger partial charge in [0.1, 0.15) is 6.10 Å². The maximum atomic E-state index is 13.6. The predicted molar refractivity (Wildman–Crippen MR) is 160 cm³/mol. The lowest BCUT2D eigenvalue weighted by Crippen LogP contribution is -2.47. The van der Waals surface area contributed by atoms with Gasteiger partial charge in [0, 0.05) is 13.0 Å². The Hall–Kier alpha value is -4.23. The van der Waals surface area contributed by atoms with Gasteiger partial charge in [0.25, 0.3) is 0 Å². The lowest BCUT2D eigenvalue weighted by atomic mass is 9.92. The highest BCUT2D eigenvalue weighted by Gasteiger charge is 2.33. The first-order valence-electron chi connectivity index (χ1n) is 14.7. The van der Waals surface area contributed by atoms with Crippen LogP contribution in [0.25, 0.3) is 0 Å². The number of amides is 2. The molecule has 2 N–H and O–H groups in total. The van der Waals surface area contributed by atoms with Gasteiger partial charge in [0.15, 0.2) is 0 Å². The zero-order valence-corrected chi connectivity index (χ0v) is 23.7. The molecule has 3 aromatic carbocycles. The number of benzene rings is 3. The second-order valence-corrected chi connectivity index (χ2v) is 11.1. The number of aliphatic hydroxyl groups excluding tert-OH is 1. The van der Waals surface area contributed by atoms with E-state index in [4.69, 9.17) is 4.74 Å². The van der Waals surface area contributed by atoms with E-state index < -0.39 is 12.0 Å². The van der Waals surface area contributed by atoms with Gasteiger partial charge < -0.3 is 20.1 Å². The van der Waals surface area contributed by atoms with Crippen LogP contribution in [0.1, 0.15) is 47.6 Å². The molecule has 2 aliphatic rings. The number of carbonyl (C=O) groups is 3. The summed E-state index contributed by atoms with van der Waals surface area (Å²) in [4.78, 5) is 42.1. The van der Waals surface area contributed by atoms with Crippen molar-refractivity contribution in [1.82, 2.24) is 10.2 Å².